The van der Waals surface area contributed by atoms with Crippen molar-refractivity contribution >= 4 is 23.6 Å². The van der Waals surface area contributed by atoms with E-state index < -0.39 is 22.8 Å². The Morgan fingerprint density at radius 1 is 1.43 bits per heavy atom. The van der Waals surface area contributed by atoms with Crippen molar-refractivity contribution in [3.8, 4) is 0 Å². The van der Waals surface area contributed by atoms with Gasteiger partial charge in [0, 0.05) is 31.2 Å². The van der Waals surface area contributed by atoms with Gasteiger partial charge in [0.05, 0.1) is 4.92 Å². The van der Waals surface area contributed by atoms with E-state index in [1.165, 1.54) is 24.3 Å². The van der Waals surface area contributed by atoms with Crippen LogP contribution in [0.15, 0.2) is 30.3 Å². The average molecular weight is 294 g/mol. The molecule has 1 atom stereocenters. The summed E-state index contributed by atoms with van der Waals surface area (Å²) >= 11 is 0. The van der Waals surface area contributed by atoms with Gasteiger partial charge < -0.3 is 15.5 Å². The van der Waals surface area contributed by atoms with Gasteiger partial charge in [-0.25, -0.2) is 4.79 Å². The van der Waals surface area contributed by atoms with Gasteiger partial charge in [0.25, 0.3) is 5.69 Å². The van der Waals surface area contributed by atoms with Crippen LogP contribution in [0.2, 0.25) is 0 Å². The number of hydrogen-bond donors (Lipinski definition) is 3. The smallest absolute Gasteiger partial charge is 0.326 e. The van der Waals surface area contributed by atoms with Crippen molar-refractivity contribution in [3.05, 3.63) is 46.0 Å². The molecule has 1 aromatic carbocycles. The SMILES string of the molecule is O=C(/C=C/c1cccc([N+](=O)[O-])c1)N[C@@H](CCO)C(=O)O. The summed E-state index contributed by atoms with van der Waals surface area (Å²) in [5.74, 6) is -1.91. The summed E-state index contributed by atoms with van der Waals surface area (Å²) in [5, 5.41) is 30.3. The van der Waals surface area contributed by atoms with Crippen LogP contribution in [0.3, 0.4) is 0 Å². The molecule has 8 nitrogen and oxygen atoms in total. The van der Waals surface area contributed by atoms with E-state index in [1.807, 2.05) is 0 Å². The molecule has 0 aliphatic rings. The fraction of sp³-hybridized carbons (Fsp3) is 0.231. The van der Waals surface area contributed by atoms with E-state index in [9.17, 15) is 19.7 Å². The first-order valence-electron chi connectivity index (χ1n) is 6.00. The molecule has 112 valence electrons. The minimum absolute atomic E-state index is 0.105. The molecule has 0 spiro atoms. The minimum atomic E-state index is -1.25. The predicted molar refractivity (Wildman–Crippen MR) is 73.4 cm³/mol. The summed E-state index contributed by atoms with van der Waals surface area (Å²) < 4.78 is 0. The maximum absolute atomic E-state index is 11.5. The molecule has 1 rings (SSSR count). The molecular formula is C13H14N2O6. The third-order valence-electron chi connectivity index (χ3n) is 2.54. The third-order valence-corrected chi connectivity index (χ3v) is 2.54. The van der Waals surface area contributed by atoms with Crippen LogP contribution in [0.4, 0.5) is 5.69 Å². The maximum atomic E-state index is 11.5. The Morgan fingerprint density at radius 2 is 2.14 bits per heavy atom. The highest BCUT2D eigenvalue weighted by Gasteiger charge is 2.17. The standard InChI is InChI=1S/C13H14N2O6/c16-7-6-11(13(18)19)14-12(17)5-4-9-2-1-3-10(8-9)15(20)21/h1-5,8,11,16H,6-7H2,(H,14,17)(H,18,19)/b5-4+/t11-/m0/s1. The first-order valence-corrected chi connectivity index (χ1v) is 6.00. The molecule has 0 saturated heterocycles. The van der Waals surface area contributed by atoms with Gasteiger partial charge in [-0.2, -0.15) is 0 Å². The van der Waals surface area contributed by atoms with E-state index in [2.05, 4.69) is 5.32 Å². The summed E-state index contributed by atoms with van der Waals surface area (Å²) in [6.45, 7) is -0.369. The van der Waals surface area contributed by atoms with Gasteiger partial charge in [0.15, 0.2) is 0 Å². The third kappa shape index (κ3) is 5.41. The number of carboxylic acids is 1. The van der Waals surface area contributed by atoms with Crippen LogP contribution in [0.25, 0.3) is 6.08 Å². The molecule has 3 N–H and O–H groups in total. The molecule has 0 bridgehead atoms. The topological polar surface area (TPSA) is 130 Å². The number of hydrogen-bond acceptors (Lipinski definition) is 5. The van der Waals surface area contributed by atoms with E-state index in [0.717, 1.165) is 6.08 Å². The lowest BCUT2D eigenvalue weighted by molar-refractivity contribution is -0.384. The number of aliphatic hydroxyl groups excluding tert-OH is 1. The van der Waals surface area contributed by atoms with Crippen molar-refractivity contribution < 1.29 is 24.7 Å². The van der Waals surface area contributed by atoms with Gasteiger partial charge in [-0.1, -0.05) is 12.1 Å². The van der Waals surface area contributed by atoms with E-state index in [0.29, 0.717) is 5.56 Å². The molecule has 0 fully saturated rings. The van der Waals surface area contributed by atoms with E-state index in [4.69, 9.17) is 10.2 Å². The molecule has 0 heterocycles. The number of nitrogens with zero attached hydrogens (tertiary/aromatic N) is 1. The van der Waals surface area contributed by atoms with Gasteiger partial charge >= 0.3 is 5.97 Å². The van der Waals surface area contributed by atoms with Crippen LogP contribution in [-0.4, -0.2) is 39.7 Å². The second-order valence-electron chi connectivity index (χ2n) is 4.10. The number of rotatable bonds is 7. The van der Waals surface area contributed by atoms with E-state index in [1.54, 1.807) is 6.07 Å². The molecule has 21 heavy (non-hydrogen) atoms. The van der Waals surface area contributed by atoms with Gasteiger partial charge in [-0.05, 0) is 11.6 Å². The fourth-order valence-electron chi connectivity index (χ4n) is 1.52. The Kier molecular flexibility index (Phi) is 6.02. The molecule has 1 amide bonds. The Morgan fingerprint density at radius 3 is 2.71 bits per heavy atom. The van der Waals surface area contributed by atoms with Gasteiger partial charge in [0.1, 0.15) is 6.04 Å². The van der Waals surface area contributed by atoms with Crippen molar-refractivity contribution in [2.45, 2.75) is 12.5 Å². The van der Waals surface area contributed by atoms with Crippen molar-refractivity contribution in [1.82, 2.24) is 5.32 Å². The lowest BCUT2D eigenvalue weighted by Gasteiger charge is -2.11. The molecule has 0 radical (unpaired) electrons. The predicted octanol–water partition coefficient (Wildman–Crippen LogP) is 0.560. The van der Waals surface area contributed by atoms with E-state index >= 15 is 0 Å². The first-order chi connectivity index (χ1) is 9.93. The summed E-state index contributed by atoms with van der Waals surface area (Å²) in [7, 11) is 0. The molecule has 0 aliphatic heterocycles. The van der Waals surface area contributed by atoms with Crippen molar-refractivity contribution in [1.29, 1.82) is 0 Å². The van der Waals surface area contributed by atoms with Gasteiger partial charge in [-0.3, -0.25) is 14.9 Å². The Labute approximate surface area is 119 Å². The number of nitrogens with one attached hydrogen (secondary N) is 1. The van der Waals surface area contributed by atoms with Crippen LogP contribution in [-0.2, 0) is 9.59 Å². The Balaban J connectivity index is 2.71. The minimum Gasteiger partial charge on any atom is -0.480 e. The highest BCUT2D eigenvalue weighted by Crippen LogP contribution is 2.13. The second-order valence-corrected chi connectivity index (χ2v) is 4.10. The first kappa shape index (κ1) is 16.3. The van der Waals surface area contributed by atoms with Gasteiger partial charge in [0.2, 0.25) is 5.91 Å². The molecule has 0 aromatic heterocycles. The summed E-state index contributed by atoms with van der Waals surface area (Å²) in [6, 6.07) is 4.46. The highest BCUT2D eigenvalue weighted by molar-refractivity contribution is 5.94. The number of carbonyl (C=O) groups is 2. The van der Waals surface area contributed by atoms with Crippen LogP contribution in [0.5, 0.6) is 0 Å². The number of nitro benzene ring substituents is 1. The zero-order valence-electron chi connectivity index (χ0n) is 10.9. The lowest BCUT2D eigenvalue weighted by atomic mass is 10.2. The summed E-state index contributed by atoms with van der Waals surface area (Å²) in [4.78, 5) is 32.4. The van der Waals surface area contributed by atoms with E-state index in [-0.39, 0.29) is 18.7 Å². The number of benzene rings is 1. The average Bonchev–Trinajstić information content (AvgIpc) is 2.45. The van der Waals surface area contributed by atoms with Crippen molar-refractivity contribution in [2.75, 3.05) is 6.61 Å². The molecule has 0 unspecified atom stereocenters. The van der Waals surface area contributed by atoms with Gasteiger partial charge in [-0.15, -0.1) is 0 Å². The second kappa shape index (κ2) is 7.75. The molecular weight excluding hydrogens is 280 g/mol. The van der Waals surface area contributed by atoms with Crippen molar-refractivity contribution in [3.63, 3.8) is 0 Å². The number of aliphatic hydroxyl groups is 1. The highest BCUT2D eigenvalue weighted by atomic mass is 16.6. The molecule has 0 saturated carbocycles. The number of amides is 1. The Hall–Kier alpha value is -2.74. The Bertz CT molecular complexity index is 570. The van der Waals surface area contributed by atoms with Crippen LogP contribution < -0.4 is 5.32 Å². The quantitative estimate of drug-likeness (QED) is 0.382. The lowest BCUT2D eigenvalue weighted by Crippen LogP contribution is -2.40. The van der Waals surface area contributed by atoms with Crippen LogP contribution >= 0.6 is 0 Å². The largest absolute Gasteiger partial charge is 0.480 e. The summed E-state index contributed by atoms with van der Waals surface area (Å²) in [5.41, 5.74) is 0.328. The monoisotopic (exact) mass is 294 g/mol. The number of aliphatic carboxylic acids is 1. The van der Waals surface area contributed by atoms with Crippen molar-refractivity contribution in [2.24, 2.45) is 0 Å². The fourth-order valence-corrected chi connectivity index (χ4v) is 1.52. The molecule has 1 aromatic rings. The number of nitro groups is 1. The zero-order valence-corrected chi connectivity index (χ0v) is 10.9. The zero-order chi connectivity index (χ0) is 15.8. The maximum Gasteiger partial charge on any atom is 0.326 e. The number of carboxylic acid groups (broad SMARTS) is 1. The normalized spacial score (nSPS) is 12.0. The van der Waals surface area contributed by atoms with Crippen LogP contribution in [0.1, 0.15) is 12.0 Å². The number of carbonyl (C=O) groups excluding carboxylic acids is 1. The molecule has 8 heteroatoms. The molecule has 0 aliphatic carbocycles. The summed E-state index contributed by atoms with van der Waals surface area (Å²) in [6.07, 6.45) is 2.30. The number of non-ortho nitro benzene ring substituents is 1. The van der Waals surface area contributed by atoms with Crippen LogP contribution in [0, 0.1) is 10.1 Å².